The number of anilines is 1. The Morgan fingerprint density at radius 1 is 1.38 bits per heavy atom. The Kier molecular flexibility index (Phi) is 2.99. The van der Waals surface area contributed by atoms with Gasteiger partial charge in [0.2, 0.25) is 0 Å². The van der Waals surface area contributed by atoms with E-state index in [1.165, 1.54) is 16.8 Å². The smallest absolute Gasteiger partial charge is 0.305 e. The van der Waals surface area contributed by atoms with E-state index in [1.807, 2.05) is 0 Å². The van der Waals surface area contributed by atoms with Gasteiger partial charge in [0.15, 0.2) is 0 Å². The number of nitrogens with zero attached hydrogens (tertiary/aromatic N) is 1. The minimum atomic E-state index is -0.756. The topological polar surface area (TPSA) is 61.8 Å². The first-order chi connectivity index (χ1) is 12.7. The number of rotatable bonds is 2. The molecule has 1 spiro atoms. The molecular weight excluding hydrogens is 328 g/mol. The lowest BCUT2D eigenvalue weighted by Gasteiger charge is -2.55. The molecule has 0 unspecified atom stereocenters. The second-order valence-corrected chi connectivity index (χ2v) is 8.61. The molecule has 6 rings (SSSR count). The van der Waals surface area contributed by atoms with Gasteiger partial charge in [-0.15, -0.1) is 0 Å². The average molecular weight is 352 g/mol. The molecular formula is C21H24N2O3. The van der Waals surface area contributed by atoms with Gasteiger partial charge in [0, 0.05) is 35.6 Å². The van der Waals surface area contributed by atoms with Gasteiger partial charge in [0.05, 0.1) is 19.1 Å². The van der Waals surface area contributed by atoms with Gasteiger partial charge in [0.1, 0.15) is 0 Å². The molecule has 0 radical (unpaired) electrons. The fraction of sp³-hybridized carbons (Fsp3) is 0.571. The molecule has 2 bridgehead atoms. The fourth-order valence-electron chi connectivity index (χ4n) is 6.95. The molecule has 6 atom stereocenters. The molecule has 3 fully saturated rings. The maximum Gasteiger partial charge on any atom is 0.305 e. The van der Waals surface area contributed by atoms with Crippen LogP contribution in [0.4, 0.5) is 5.69 Å². The molecule has 1 saturated carbocycles. The van der Waals surface area contributed by atoms with Crippen molar-refractivity contribution in [2.45, 2.75) is 42.9 Å². The van der Waals surface area contributed by atoms with Gasteiger partial charge in [0.25, 0.3) is 0 Å². The van der Waals surface area contributed by atoms with Gasteiger partial charge in [-0.25, -0.2) is 0 Å². The summed E-state index contributed by atoms with van der Waals surface area (Å²) in [4.78, 5) is 14.2. The third-order valence-corrected chi connectivity index (χ3v) is 7.79. The van der Waals surface area contributed by atoms with E-state index in [9.17, 15) is 9.90 Å². The van der Waals surface area contributed by atoms with Crippen molar-refractivity contribution in [3.05, 3.63) is 41.5 Å². The van der Waals surface area contributed by atoms with Crippen LogP contribution in [0.25, 0.3) is 0 Å². The summed E-state index contributed by atoms with van der Waals surface area (Å²) in [5.41, 5.74) is 4.28. The van der Waals surface area contributed by atoms with Crippen molar-refractivity contribution >= 4 is 11.7 Å². The molecule has 2 saturated heterocycles. The molecule has 1 aromatic carbocycles. The quantitative estimate of drug-likeness (QED) is 0.800. The number of carboxylic acid groups (broad SMARTS) is 1. The number of carboxylic acids is 1. The molecule has 0 aromatic heterocycles. The van der Waals surface area contributed by atoms with E-state index < -0.39 is 5.97 Å². The van der Waals surface area contributed by atoms with Crippen molar-refractivity contribution < 1.29 is 14.6 Å². The Bertz CT molecular complexity index is 821. The van der Waals surface area contributed by atoms with Crippen LogP contribution >= 0.6 is 0 Å². The summed E-state index contributed by atoms with van der Waals surface area (Å²) in [5.74, 6) is -0.0844. The second-order valence-electron chi connectivity index (χ2n) is 8.61. The Morgan fingerprint density at radius 3 is 3.15 bits per heavy atom. The molecule has 4 heterocycles. The van der Waals surface area contributed by atoms with Gasteiger partial charge in [-0.1, -0.05) is 29.8 Å². The minimum absolute atomic E-state index is 0.0985. The van der Waals surface area contributed by atoms with E-state index in [2.05, 4.69) is 40.6 Å². The van der Waals surface area contributed by atoms with E-state index in [-0.39, 0.29) is 29.9 Å². The van der Waals surface area contributed by atoms with Crippen LogP contribution in [-0.2, 0) is 14.9 Å². The third-order valence-electron chi connectivity index (χ3n) is 7.79. The maximum atomic E-state index is 11.6. The summed E-state index contributed by atoms with van der Waals surface area (Å²) in [6, 6.07) is 9.56. The van der Waals surface area contributed by atoms with E-state index >= 15 is 0 Å². The predicted octanol–water partition coefficient (Wildman–Crippen LogP) is 2.24. The summed E-state index contributed by atoms with van der Waals surface area (Å²) >= 11 is 0. The molecule has 136 valence electrons. The molecule has 0 amide bonds. The molecule has 2 N–H and O–H groups in total. The molecule has 26 heavy (non-hydrogen) atoms. The minimum Gasteiger partial charge on any atom is -0.481 e. The highest BCUT2D eigenvalue weighted by atomic mass is 16.5. The zero-order valence-electron chi connectivity index (χ0n) is 14.7. The SMILES string of the molecule is O=C(O)C[C@@H]1OCC=C2CN3CC[C@]45c6ccccc6N[C@H]4[C@H]1[C@H]2C[C@H]35. The van der Waals surface area contributed by atoms with E-state index in [1.54, 1.807) is 0 Å². The number of nitrogens with one attached hydrogen (secondary N) is 1. The highest BCUT2D eigenvalue weighted by Crippen LogP contribution is 2.62. The van der Waals surface area contributed by atoms with E-state index in [0.717, 1.165) is 25.9 Å². The predicted molar refractivity (Wildman–Crippen MR) is 97.2 cm³/mol. The molecule has 1 aromatic rings. The van der Waals surface area contributed by atoms with Gasteiger partial charge in [-0.3, -0.25) is 9.69 Å². The van der Waals surface area contributed by atoms with Crippen LogP contribution in [0.3, 0.4) is 0 Å². The first-order valence-electron chi connectivity index (χ1n) is 9.81. The van der Waals surface area contributed by atoms with E-state index in [4.69, 9.17) is 4.74 Å². The number of para-hydroxylation sites is 1. The van der Waals surface area contributed by atoms with Gasteiger partial charge in [-0.2, -0.15) is 0 Å². The zero-order valence-corrected chi connectivity index (χ0v) is 14.7. The van der Waals surface area contributed by atoms with Crippen LogP contribution in [0.1, 0.15) is 24.8 Å². The summed E-state index contributed by atoms with van der Waals surface area (Å²) < 4.78 is 6.13. The van der Waals surface area contributed by atoms with Crippen LogP contribution < -0.4 is 5.32 Å². The number of piperidine rings is 1. The number of benzene rings is 1. The van der Waals surface area contributed by atoms with Crippen molar-refractivity contribution in [3.8, 4) is 0 Å². The zero-order chi connectivity index (χ0) is 17.5. The number of aliphatic carboxylic acids is 1. The van der Waals surface area contributed by atoms with Gasteiger partial charge in [-0.05, 0) is 36.9 Å². The lowest BCUT2D eigenvalue weighted by Crippen LogP contribution is -2.64. The van der Waals surface area contributed by atoms with Crippen LogP contribution in [0.5, 0.6) is 0 Å². The molecule has 5 nitrogen and oxygen atoms in total. The monoisotopic (exact) mass is 352 g/mol. The van der Waals surface area contributed by atoms with Crippen LogP contribution in [0.2, 0.25) is 0 Å². The second kappa shape index (κ2) is 5.11. The highest BCUT2D eigenvalue weighted by molar-refractivity contribution is 5.68. The summed E-state index contributed by atoms with van der Waals surface area (Å²) in [5, 5.41) is 13.3. The molecule has 5 aliphatic rings. The van der Waals surface area contributed by atoms with Crippen molar-refractivity contribution in [1.82, 2.24) is 4.90 Å². The first kappa shape index (κ1) is 15.2. The Morgan fingerprint density at radius 2 is 2.27 bits per heavy atom. The molecule has 4 aliphatic heterocycles. The molecule has 5 heteroatoms. The number of hydrogen-bond acceptors (Lipinski definition) is 4. The van der Waals surface area contributed by atoms with Crippen molar-refractivity contribution in [3.63, 3.8) is 0 Å². The van der Waals surface area contributed by atoms with Gasteiger partial charge >= 0.3 is 5.97 Å². The Labute approximate surface area is 153 Å². The third kappa shape index (κ3) is 1.75. The average Bonchev–Trinajstić information content (AvgIpc) is 3.11. The van der Waals surface area contributed by atoms with Crippen molar-refractivity contribution in [2.75, 3.05) is 25.0 Å². The van der Waals surface area contributed by atoms with Crippen LogP contribution in [0.15, 0.2) is 35.9 Å². The number of hydrogen-bond donors (Lipinski definition) is 2. The summed E-state index contributed by atoms with van der Waals surface area (Å²) in [7, 11) is 0. The lowest BCUT2D eigenvalue weighted by molar-refractivity contribution is -0.142. The standard InChI is InChI=1S/C21H24N2O3/c24-18(25)10-16-19-13-9-17-21(6-7-23(17)11-12(13)5-8-26-16)14-3-1-2-4-15(14)22-20(19)21/h1-5,13,16-17,19-20,22H,6-11H2,(H,24,25)/t13-,16-,17-,19-,20-,21+/m0/s1. The maximum absolute atomic E-state index is 11.6. The first-order valence-corrected chi connectivity index (χ1v) is 9.81. The summed E-state index contributed by atoms with van der Waals surface area (Å²) in [6.07, 6.45) is 4.42. The Balaban J connectivity index is 1.53. The Hall–Kier alpha value is -1.85. The number of carbonyl (C=O) groups is 1. The largest absolute Gasteiger partial charge is 0.481 e. The van der Waals surface area contributed by atoms with Crippen molar-refractivity contribution in [2.24, 2.45) is 11.8 Å². The van der Waals surface area contributed by atoms with Crippen molar-refractivity contribution in [1.29, 1.82) is 0 Å². The fourth-order valence-corrected chi connectivity index (χ4v) is 6.95. The number of fused-ring (bicyclic) bond motifs is 2. The lowest BCUT2D eigenvalue weighted by atomic mass is 9.54. The summed E-state index contributed by atoms with van der Waals surface area (Å²) in [6.45, 7) is 2.72. The number of ether oxygens (including phenoxy) is 1. The normalized spacial score (nSPS) is 42.3. The van der Waals surface area contributed by atoms with E-state index in [0.29, 0.717) is 18.6 Å². The molecule has 1 aliphatic carbocycles. The van der Waals surface area contributed by atoms with Gasteiger partial charge < -0.3 is 15.2 Å². The van der Waals surface area contributed by atoms with Crippen LogP contribution in [-0.4, -0.2) is 53.9 Å². The van der Waals surface area contributed by atoms with Crippen LogP contribution in [0, 0.1) is 11.8 Å². The highest BCUT2D eigenvalue weighted by Gasteiger charge is 2.66.